The number of hydrogen-bond acceptors (Lipinski definition) is 4. The maximum absolute atomic E-state index is 13.9. The molecule has 1 aliphatic heterocycles. The molecule has 2 atom stereocenters. The number of carbonyl (C=O) groups is 2. The highest BCUT2D eigenvalue weighted by Gasteiger charge is 2.35. The van der Waals surface area contributed by atoms with Crippen LogP contribution in [0.15, 0.2) is 48.8 Å². The quantitative estimate of drug-likeness (QED) is 0.536. The fraction of sp³-hybridized carbons (Fsp3) is 0.464. The first-order valence-corrected chi connectivity index (χ1v) is 12.9. The molecule has 1 fully saturated rings. The molecule has 7 nitrogen and oxygen atoms in total. The zero-order valence-electron chi connectivity index (χ0n) is 20.4. The van der Waals surface area contributed by atoms with Gasteiger partial charge in [0.2, 0.25) is 0 Å². The van der Waals surface area contributed by atoms with Crippen LogP contribution in [0.5, 0.6) is 5.75 Å². The summed E-state index contributed by atoms with van der Waals surface area (Å²) in [7, 11) is 1.87. The molecule has 0 unspecified atom stereocenters. The minimum atomic E-state index is -0.147. The van der Waals surface area contributed by atoms with Gasteiger partial charge in [-0.15, -0.1) is 0 Å². The SMILES string of the molecule is CN1CCCCCCN(C(=O)c2ccc3nc[nH]c3c2)[C@@H]2CCCC[C@@H]2Oc2ccccc2C1=O. The van der Waals surface area contributed by atoms with Gasteiger partial charge in [0.25, 0.3) is 11.8 Å². The largest absolute Gasteiger partial charge is 0.487 e. The molecule has 35 heavy (non-hydrogen) atoms. The van der Waals surface area contributed by atoms with E-state index in [-0.39, 0.29) is 24.0 Å². The molecule has 5 rings (SSSR count). The third-order valence-corrected chi connectivity index (χ3v) is 7.38. The number of ether oxygens (including phenoxy) is 1. The van der Waals surface area contributed by atoms with Crippen LogP contribution in [-0.4, -0.2) is 63.9 Å². The zero-order chi connectivity index (χ0) is 24.2. The number of fused-ring (bicyclic) bond motifs is 3. The molecule has 2 amide bonds. The Labute approximate surface area is 206 Å². The van der Waals surface area contributed by atoms with Crippen molar-refractivity contribution >= 4 is 22.8 Å². The first-order chi connectivity index (χ1) is 17.1. The second-order valence-electron chi connectivity index (χ2n) is 9.78. The molecule has 3 aromatic rings. The van der Waals surface area contributed by atoms with E-state index in [4.69, 9.17) is 4.74 Å². The van der Waals surface area contributed by atoms with Crippen LogP contribution in [0.4, 0.5) is 0 Å². The van der Waals surface area contributed by atoms with Gasteiger partial charge in [0.1, 0.15) is 11.9 Å². The van der Waals surface area contributed by atoms with Crippen molar-refractivity contribution in [1.82, 2.24) is 19.8 Å². The molecular formula is C28H34N4O3. The first kappa shape index (κ1) is 23.4. The summed E-state index contributed by atoms with van der Waals surface area (Å²) in [6, 6.07) is 13.2. The lowest BCUT2D eigenvalue weighted by Crippen LogP contribution is -2.51. The van der Waals surface area contributed by atoms with Gasteiger partial charge in [-0.2, -0.15) is 0 Å². The van der Waals surface area contributed by atoms with Crippen LogP contribution in [0.2, 0.25) is 0 Å². The monoisotopic (exact) mass is 474 g/mol. The van der Waals surface area contributed by atoms with Gasteiger partial charge in [0.15, 0.2) is 0 Å². The van der Waals surface area contributed by atoms with Crippen molar-refractivity contribution in [3.63, 3.8) is 0 Å². The predicted octanol–water partition coefficient (Wildman–Crippen LogP) is 5.04. The second-order valence-corrected chi connectivity index (χ2v) is 9.78. The van der Waals surface area contributed by atoms with Crippen molar-refractivity contribution in [2.45, 2.75) is 63.5 Å². The van der Waals surface area contributed by atoms with Crippen LogP contribution in [0, 0.1) is 0 Å². The molecule has 0 radical (unpaired) electrons. The average Bonchev–Trinajstić information content (AvgIpc) is 3.36. The third kappa shape index (κ3) is 5.04. The molecule has 7 heteroatoms. The minimum absolute atomic E-state index is 0.00851. The predicted molar refractivity (Wildman–Crippen MR) is 136 cm³/mol. The van der Waals surface area contributed by atoms with Gasteiger partial charge in [-0.3, -0.25) is 9.59 Å². The number of amides is 2. The van der Waals surface area contributed by atoms with Crippen molar-refractivity contribution < 1.29 is 14.3 Å². The molecule has 2 heterocycles. The highest BCUT2D eigenvalue weighted by molar-refractivity contribution is 5.98. The van der Waals surface area contributed by atoms with E-state index >= 15 is 0 Å². The van der Waals surface area contributed by atoms with E-state index in [1.165, 1.54) is 0 Å². The molecule has 1 aliphatic carbocycles. The normalized spacial score (nSPS) is 22.1. The lowest BCUT2D eigenvalue weighted by atomic mass is 9.90. The van der Waals surface area contributed by atoms with Crippen molar-refractivity contribution in [1.29, 1.82) is 0 Å². The molecule has 2 aromatic carbocycles. The fourth-order valence-corrected chi connectivity index (χ4v) is 5.42. The standard InChI is InChI=1S/C28H34N4O3/c1-31-16-8-2-3-9-17-32(27(33)20-14-15-22-23(18-20)30-19-29-22)24-11-5-7-13-26(24)35-25-12-6-4-10-21(25)28(31)34/h4,6,10,12,14-15,18-19,24,26H,2-3,5,7-9,11,13,16-17H2,1H3,(H,29,30)/t24-,26+/m1/s1. The summed E-state index contributed by atoms with van der Waals surface area (Å²) in [6.45, 7) is 1.42. The Kier molecular flexibility index (Phi) is 7.02. The van der Waals surface area contributed by atoms with Gasteiger partial charge in [-0.1, -0.05) is 31.4 Å². The third-order valence-electron chi connectivity index (χ3n) is 7.38. The summed E-state index contributed by atoms with van der Waals surface area (Å²) in [5.74, 6) is 0.647. The summed E-state index contributed by atoms with van der Waals surface area (Å²) >= 11 is 0. The maximum atomic E-state index is 13.9. The number of aromatic nitrogens is 2. The highest BCUT2D eigenvalue weighted by Crippen LogP contribution is 2.31. The van der Waals surface area contributed by atoms with Gasteiger partial charge in [0, 0.05) is 25.7 Å². The maximum Gasteiger partial charge on any atom is 0.257 e. The van der Waals surface area contributed by atoms with Gasteiger partial charge >= 0.3 is 0 Å². The average molecular weight is 475 g/mol. The molecule has 184 valence electrons. The number of aromatic amines is 1. The van der Waals surface area contributed by atoms with E-state index < -0.39 is 0 Å². The molecule has 0 bridgehead atoms. The van der Waals surface area contributed by atoms with Crippen molar-refractivity contribution in [3.8, 4) is 5.75 Å². The number of carbonyl (C=O) groups excluding carboxylic acids is 2. The van der Waals surface area contributed by atoms with Gasteiger partial charge in [-0.05, 0) is 62.4 Å². The Morgan fingerprint density at radius 3 is 2.69 bits per heavy atom. The Morgan fingerprint density at radius 1 is 1.00 bits per heavy atom. The first-order valence-electron chi connectivity index (χ1n) is 12.9. The number of rotatable bonds is 1. The topological polar surface area (TPSA) is 78.5 Å². The summed E-state index contributed by atoms with van der Waals surface area (Å²) in [6.07, 6.45) is 9.35. The number of nitrogens with one attached hydrogen (secondary N) is 1. The second kappa shape index (κ2) is 10.5. The number of imidazole rings is 1. The van der Waals surface area contributed by atoms with E-state index in [1.54, 1.807) is 11.2 Å². The molecule has 0 saturated heterocycles. The molecule has 1 saturated carbocycles. The lowest BCUT2D eigenvalue weighted by Gasteiger charge is -2.40. The Bertz CT molecular complexity index is 1190. The number of nitrogens with zero attached hydrogens (tertiary/aromatic N) is 3. The molecule has 1 N–H and O–H groups in total. The lowest BCUT2D eigenvalue weighted by molar-refractivity contribution is 0.0268. The summed E-state index contributed by atoms with van der Waals surface area (Å²) in [4.78, 5) is 38.3. The van der Waals surface area contributed by atoms with Crippen LogP contribution in [0.1, 0.15) is 72.1 Å². The van der Waals surface area contributed by atoms with Crippen LogP contribution >= 0.6 is 0 Å². The van der Waals surface area contributed by atoms with E-state index in [0.29, 0.717) is 30.0 Å². The van der Waals surface area contributed by atoms with Gasteiger partial charge in [-0.25, -0.2) is 4.98 Å². The molecular weight excluding hydrogens is 440 g/mol. The Hall–Kier alpha value is -3.35. The number of hydrogen-bond donors (Lipinski definition) is 1. The summed E-state index contributed by atoms with van der Waals surface area (Å²) in [5, 5.41) is 0. The van der Waals surface area contributed by atoms with Crippen LogP contribution < -0.4 is 4.74 Å². The molecule has 1 aromatic heterocycles. The van der Waals surface area contributed by atoms with Gasteiger partial charge in [0.05, 0.1) is 29.0 Å². The van der Waals surface area contributed by atoms with Crippen molar-refractivity contribution in [2.75, 3.05) is 20.1 Å². The van der Waals surface area contributed by atoms with Crippen molar-refractivity contribution in [3.05, 3.63) is 59.9 Å². The fourth-order valence-electron chi connectivity index (χ4n) is 5.42. The van der Waals surface area contributed by atoms with Crippen LogP contribution in [0.25, 0.3) is 11.0 Å². The summed E-state index contributed by atoms with van der Waals surface area (Å²) in [5.41, 5.74) is 2.99. The van der Waals surface area contributed by atoms with Crippen LogP contribution in [-0.2, 0) is 0 Å². The van der Waals surface area contributed by atoms with Crippen molar-refractivity contribution in [2.24, 2.45) is 0 Å². The van der Waals surface area contributed by atoms with E-state index in [1.807, 2.05) is 54.4 Å². The highest BCUT2D eigenvalue weighted by atomic mass is 16.5. The van der Waals surface area contributed by atoms with E-state index in [9.17, 15) is 9.59 Å². The number of H-pyrrole nitrogens is 1. The van der Waals surface area contributed by atoms with E-state index in [0.717, 1.165) is 62.4 Å². The molecule has 0 spiro atoms. The Balaban J connectivity index is 1.48. The number of para-hydroxylation sites is 1. The Morgan fingerprint density at radius 2 is 1.80 bits per heavy atom. The zero-order valence-corrected chi connectivity index (χ0v) is 20.4. The van der Waals surface area contributed by atoms with E-state index in [2.05, 4.69) is 9.97 Å². The minimum Gasteiger partial charge on any atom is -0.487 e. The number of benzene rings is 2. The smallest absolute Gasteiger partial charge is 0.257 e. The van der Waals surface area contributed by atoms with Crippen LogP contribution in [0.3, 0.4) is 0 Å². The summed E-state index contributed by atoms with van der Waals surface area (Å²) < 4.78 is 6.58. The molecule has 2 aliphatic rings. The van der Waals surface area contributed by atoms with Gasteiger partial charge < -0.3 is 19.5 Å².